The third-order valence-electron chi connectivity index (χ3n) is 0.575. The number of urea groups is 1. The third kappa shape index (κ3) is 1.10. The summed E-state index contributed by atoms with van der Waals surface area (Å²) >= 11 is -0.387. The van der Waals surface area contributed by atoms with Gasteiger partial charge in [-0.25, -0.2) is 0 Å². The molecule has 1 aliphatic rings. The van der Waals surface area contributed by atoms with Crippen LogP contribution in [0.4, 0.5) is 4.79 Å². The van der Waals surface area contributed by atoms with E-state index in [0.29, 0.717) is 0 Å². The summed E-state index contributed by atoms with van der Waals surface area (Å²) in [5.74, 6) is 0. The van der Waals surface area contributed by atoms with Gasteiger partial charge in [0.1, 0.15) is 0 Å². The number of hydroxylamine groups is 2. The molecular formula is C3H4IN2O2-. The van der Waals surface area contributed by atoms with Gasteiger partial charge in [0.15, 0.2) is 0 Å². The second-order valence-electron chi connectivity index (χ2n) is 1.10. The van der Waals surface area contributed by atoms with Crippen LogP contribution in [0.15, 0.2) is 10.3 Å². The molecule has 4 nitrogen and oxygen atoms in total. The van der Waals surface area contributed by atoms with Gasteiger partial charge in [-0.1, -0.05) is 0 Å². The van der Waals surface area contributed by atoms with Gasteiger partial charge in [-0.2, -0.15) is 0 Å². The molecule has 2 amide bonds. The predicted octanol–water partition coefficient (Wildman–Crippen LogP) is -3.21. The van der Waals surface area contributed by atoms with E-state index in [0.717, 1.165) is 5.06 Å². The third-order valence-corrected chi connectivity index (χ3v) is 1.84. The monoisotopic (exact) mass is 227 g/mol. The topological polar surface area (TPSA) is 55.6 Å². The predicted molar refractivity (Wildman–Crippen MR) is 21.6 cm³/mol. The first-order chi connectivity index (χ1) is 3.80. The number of hydrogen-bond donors (Lipinski definition) is 1. The van der Waals surface area contributed by atoms with E-state index < -0.39 is 6.03 Å². The van der Waals surface area contributed by atoms with Crippen molar-refractivity contribution in [2.75, 3.05) is 0 Å². The quantitative estimate of drug-likeness (QED) is 0.443. The molecule has 5 heteroatoms. The molecule has 0 spiro atoms. The van der Waals surface area contributed by atoms with Gasteiger partial charge in [0, 0.05) is 0 Å². The summed E-state index contributed by atoms with van der Waals surface area (Å²) in [7, 11) is 0. The zero-order chi connectivity index (χ0) is 5.98. The Kier molecular flexibility index (Phi) is 1.69. The van der Waals surface area contributed by atoms with E-state index in [1.807, 2.05) is 4.08 Å². The molecule has 8 heavy (non-hydrogen) atoms. The fraction of sp³-hybridized carbons (Fsp3) is 0. The number of hydrogen-bond acceptors (Lipinski definition) is 2. The second kappa shape index (κ2) is 2.31. The van der Waals surface area contributed by atoms with E-state index in [-0.39, 0.29) is 21.6 Å². The minimum atomic E-state index is -0.557. The number of carbonyl (C=O) groups is 1. The zero-order valence-electron chi connectivity index (χ0n) is 3.87. The summed E-state index contributed by atoms with van der Waals surface area (Å²) < 4.78 is 6.58. The average Bonchev–Trinajstić information content (AvgIpc) is 2.12. The Balaban J connectivity index is 2.48. The van der Waals surface area contributed by atoms with Crippen molar-refractivity contribution in [3.63, 3.8) is 0 Å². The van der Waals surface area contributed by atoms with Gasteiger partial charge in [0.05, 0.1) is 0 Å². The fourth-order valence-corrected chi connectivity index (χ4v) is 1.40. The average molecular weight is 227 g/mol. The zero-order valence-corrected chi connectivity index (χ0v) is 6.03. The first-order valence-electron chi connectivity index (χ1n) is 1.86. The number of nitrogens with two attached hydrogens (primary N) is 1. The second-order valence-corrected chi connectivity index (χ2v) is 2.72. The van der Waals surface area contributed by atoms with Crippen molar-refractivity contribution in [3.8, 4) is 0 Å². The Bertz CT molecular complexity index is 135. The van der Waals surface area contributed by atoms with Crippen molar-refractivity contribution in [1.29, 1.82) is 0 Å². The molecule has 1 rings (SSSR count). The summed E-state index contributed by atoms with van der Waals surface area (Å²) in [6.07, 6.45) is 1.54. The molecule has 0 fully saturated rings. The Hall–Kier alpha value is -0.300. The Morgan fingerprint density at radius 1 is 1.88 bits per heavy atom. The van der Waals surface area contributed by atoms with Crippen LogP contribution in [-0.4, -0.2) is 11.1 Å². The molecule has 0 unspecified atom stereocenters. The molecule has 0 radical (unpaired) electrons. The maximum atomic E-state index is 10.2. The van der Waals surface area contributed by atoms with Crippen molar-refractivity contribution >= 4 is 6.03 Å². The van der Waals surface area contributed by atoms with Crippen molar-refractivity contribution in [2.45, 2.75) is 0 Å². The molecule has 0 saturated carbocycles. The molecule has 0 atom stereocenters. The van der Waals surface area contributed by atoms with Crippen LogP contribution < -0.4 is 27.4 Å². The SMILES string of the molecule is NC(=O)N1C=C[I-]O1. The van der Waals surface area contributed by atoms with Crippen molar-refractivity contribution in [1.82, 2.24) is 5.06 Å². The minimum absolute atomic E-state index is 0.387. The van der Waals surface area contributed by atoms with Gasteiger partial charge >= 0.3 is 56.7 Å². The van der Waals surface area contributed by atoms with Gasteiger partial charge in [-0.3, -0.25) is 0 Å². The molecular weight excluding hydrogens is 223 g/mol. The molecule has 0 aromatic heterocycles. The molecule has 0 aromatic rings. The summed E-state index contributed by atoms with van der Waals surface area (Å²) in [6.45, 7) is 0. The van der Waals surface area contributed by atoms with Gasteiger partial charge in [-0.15, -0.1) is 0 Å². The first kappa shape index (κ1) is 5.83. The van der Waals surface area contributed by atoms with Gasteiger partial charge < -0.3 is 0 Å². The fourth-order valence-electron chi connectivity index (χ4n) is 0.271. The standard InChI is InChI=1S/C3H4IN2O2/c5-3(7)6-2-1-4-8-6/h1-2H,(H2,5,7)/q-1. The van der Waals surface area contributed by atoms with Crippen molar-refractivity contribution in [2.24, 2.45) is 5.73 Å². The number of rotatable bonds is 0. The maximum absolute atomic E-state index is 10.2. The molecule has 1 heterocycles. The van der Waals surface area contributed by atoms with E-state index in [1.165, 1.54) is 6.20 Å². The number of primary amides is 1. The Morgan fingerprint density at radius 3 is 2.88 bits per heavy atom. The molecule has 1 aliphatic heterocycles. The first-order valence-corrected chi connectivity index (χ1v) is 3.99. The summed E-state index contributed by atoms with van der Waals surface area (Å²) in [5.41, 5.74) is 4.83. The molecule has 0 aliphatic carbocycles. The van der Waals surface area contributed by atoms with Crippen LogP contribution in [0.25, 0.3) is 0 Å². The summed E-state index contributed by atoms with van der Waals surface area (Å²) in [5, 5.41) is 1.04. The van der Waals surface area contributed by atoms with Crippen LogP contribution in [-0.2, 0) is 3.17 Å². The van der Waals surface area contributed by atoms with Crippen LogP contribution in [0.2, 0.25) is 0 Å². The molecule has 0 aromatic carbocycles. The summed E-state index contributed by atoms with van der Waals surface area (Å²) in [6, 6.07) is -0.557. The summed E-state index contributed by atoms with van der Waals surface area (Å²) in [4.78, 5) is 10.2. The van der Waals surface area contributed by atoms with Crippen LogP contribution in [0.1, 0.15) is 0 Å². The van der Waals surface area contributed by atoms with E-state index in [1.54, 1.807) is 0 Å². The van der Waals surface area contributed by atoms with Crippen molar-refractivity contribution in [3.05, 3.63) is 10.3 Å². The normalized spacial score (nSPS) is 18.2. The van der Waals surface area contributed by atoms with Gasteiger partial charge in [-0.05, 0) is 0 Å². The van der Waals surface area contributed by atoms with Crippen LogP contribution in [0.5, 0.6) is 0 Å². The van der Waals surface area contributed by atoms with Gasteiger partial charge in [0.25, 0.3) is 0 Å². The Labute approximate surface area is 57.0 Å². The van der Waals surface area contributed by atoms with Crippen LogP contribution in [0.3, 0.4) is 0 Å². The van der Waals surface area contributed by atoms with E-state index in [2.05, 4.69) is 0 Å². The molecule has 0 bridgehead atoms. The number of carbonyl (C=O) groups excluding carboxylic acids is 1. The number of halogens is 1. The molecule has 2 N–H and O–H groups in total. The number of nitrogens with zero attached hydrogens (tertiary/aromatic N) is 1. The van der Waals surface area contributed by atoms with Crippen LogP contribution in [0, 0.1) is 0 Å². The van der Waals surface area contributed by atoms with Crippen LogP contribution >= 0.6 is 0 Å². The van der Waals surface area contributed by atoms with E-state index in [4.69, 9.17) is 8.90 Å². The van der Waals surface area contributed by atoms with Crippen molar-refractivity contribution < 1.29 is 29.6 Å². The number of amides is 2. The van der Waals surface area contributed by atoms with Gasteiger partial charge in [0.2, 0.25) is 0 Å². The van der Waals surface area contributed by atoms with E-state index in [9.17, 15) is 4.79 Å². The molecule has 46 valence electrons. The molecule has 0 saturated heterocycles. The Morgan fingerprint density at radius 2 is 2.62 bits per heavy atom. The van der Waals surface area contributed by atoms with E-state index >= 15 is 0 Å².